The number of anilines is 1. The van der Waals surface area contributed by atoms with Crippen LogP contribution in [0, 0.1) is 0 Å². The molecule has 1 amide bonds. The molecule has 2 N–H and O–H groups in total. The number of hydrogen-bond donors (Lipinski definition) is 2. The zero-order valence-electron chi connectivity index (χ0n) is 23.3. The summed E-state index contributed by atoms with van der Waals surface area (Å²) < 4.78 is 11.8. The van der Waals surface area contributed by atoms with Crippen molar-refractivity contribution < 1.29 is 29.3 Å². The van der Waals surface area contributed by atoms with E-state index in [1.54, 1.807) is 43.3 Å². The van der Waals surface area contributed by atoms with Gasteiger partial charge in [0.25, 0.3) is 5.78 Å². The predicted octanol–water partition coefficient (Wildman–Crippen LogP) is 7.00. The summed E-state index contributed by atoms with van der Waals surface area (Å²) in [5.41, 5.74) is 1.69. The van der Waals surface area contributed by atoms with Crippen molar-refractivity contribution in [3.63, 3.8) is 0 Å². The third-order valence-electron chi connectivity index (χ3n) is 6.52. The summed E-state index contributed by atoms with van der Waals surface area (Å²) in [6.07, 6.45) is 0.842. The zero-order valence-corrected chi connectivity index (χ0v) is 25.7. The summed E-state index contributed by atoms with van der Waals surface area (Å²) in [5, 5.41) is 31.1. The fourth-order valence-electron chi connectivity index (χ4n) is 4.49. The third kappa shape index (κ3) is 6.64. The van der Waals surface area contributed by atoms with Gasteiger partial charge in [0.2, 0.25) is 5.13 Å². The number of aliphatic hydroxyl groups is 1. The summed E-state index contributed by atoms with van der Waals surface area (Å²) in [6.45, 7) is 4.60. The van der Waals surface area contributed by atoms with E-state index in [4.69, 9.17) is 21.1 Å². The molecule has 43 heavy (non-hydrogen) atoms. The molecular weight excluding hydrogens is 610 g/mol. The number of carbonyl (C=O) groups excluding carboxylic acids is 2. The lowest BCUT2D eigenvalue weighted by Crippen LogP contribution is -2.29. The van der Waals surface area contributed by atoms with E-state index in [-0.39, 0.29) is 34.6 Å². The molecule has 1 unspecified atom stereocenters. The lowest BCUT2D eigenvalue weighted by Gasteiger charge is -2.23. The minimum absolute atomic E-state index is 0.0954. The molecule has 3 aromatic carbocycles. The number of carbonyl (C=O) groups is 2. The highest BCUT2D eigenvalue weighted by Gasteiger charge is 2.48. The van der Waals surface area contributed by atoms with Gasteiger partial charge in [-0.1, -0.05) is 59.8 Å². The number of hydrogen-bond acceptors (Lipinski definition) is 10. The fourth-order valence-corrected chi connectivity index (χ4v) is 6.43. The summed E-state index contributed by atoms with van der Waals surface area (Å²) in [4.78, 5) is 28.3. The summed E-state index contributed by atoms with van der Waals surface area (Å²) in [6, 6.07) is 17.6. The van der Waals surface area contributed by atoms with Gasteiger partial charge in [0.15, 0.2) is 15.8 Å². The Morgan fingerprint density at radius 2 is 1.77 bits per heavy atom. The van der Waals surface area contributed by atoms with Crippen molar-refractivity contribution in [2.45, 2.75) is 36.4 Å². The second-order valence-electron chi connectivity index (χ2n) is 9.47. The maximum Gasteiger partial charge on any atom is 0.301 e. The number of halogens is 1. The maximum atomic E-state index is 13.6. The smallest absolute Gasteiger partial charge is 0.301 e. The predicted molar refractivity (Wildman–Crippen MR) is 167 cm³/mol. The monoisotopic (exact) mass is 637 g/mol. The van der Waals surface area contributed by atoms with Crippen LogP contribution in [-0.2, 0) is 15.3 Å². The molecule has 0 saturated carbocycles. The van der Waals surface area contributed by atoms with Crippen LogP contribution in [0.3, 0.4) is 0 Å². The van der Waals surface area contributed by atoms with E-state index in [0.29, 0.717) is 38.6 Å². The van der Waals surface area contributed by atoms with Crippen molar-refractivity contribution in [1.82, 2.24) is 10.2 Å². The number of rotatable bonds is 11. The van der Waals surface area contributed by atoms with E-state index in [0.717, 1.165) is 23.3 Å². The summed E-state index contributed by atoms with van der Waals surface area (Å²) >= 11 is 8.58. The van der Waals surface area contributed by atoms with Gasteiger partial charge in [-0.25, -0.2) is 0 Å². The van der Waals surface area contributed by atoms with Gasteiger partial charge in [0, 0.05) is 16.3 Å². The van der Waals surface area contributed by atoms with Gasteiger partial charge in [-0.3, -0.25) is 14.5 Å². The number of ketones is 1. The molecule has 9 nitrogen and oxygen atoms in total. The van der Waals surface area contributed by atoms with Gasteiger partial charge in [0.1, 0.15) is 11.5 Å². The average Bonchev–Trinajstić information content (AvgIpc) is 3.58. The number of ether oxygens (including phenoxy) is 2. The Bertz CT molecular complexity index is 1660. The molecule has 4 aromatic rings. The van der Waals surface area contributed by atoms with Crippen molar-refractivity contribution in [3.05, 3.63) is 94.0 Å². The first-order valence-corrected chi connectivity index (χ1v) is 15.7. The van der Waals surface area contributed by atoms with E-state index in [1.807, 2.05) is 31.2 Å². The first-order valence-electron chi connectivity index (χ1n) is 13.5. The molecule has 222 valence electrons. The number of thioether (sulfide) groups is 1. The van der Waals surface area contributed by atoms with E-state index >= 15 is 0 Å². The Balaban J connectivity index is 1.54. The molecule has 0 radical (unpaired) electrons. The number of phenolic OH excluding ortho intramolecular Hbond substituents is 1. The summed E-state index contributed by atoms with van der Waals surface area (Å²) in [5.74, 6) is -0.770. The molecule has 1 atom stereocenters. The lowest BCUT2D eigenvalue weighted by atomic mass is 9.95. The number of benzene rings is 3. The van der Waals surface area contributed by atoms with Gasteiger partial charge in [-0.05, 0) is 73.0 Å². The van der Waals surface area contributed by atoms with Crippen molar-refractivity contribution in [2.24, 2.45) is 0 Å². The number of Topliss-reactive ketones (excluding diaryl/α,β-unsaturated/α-hetero) is 1. The quantitative estimate of drug-likeness (QED) is 0.0588. The van der Waals surface area contributed by atoms with Crippen LogP contribution < -0.4 is 14.4 Å². The van der Waals surface area contributed by atoms with Crippen LogP contribution in [0.1, 0.15) is 43.0 Å². The first-order chi connectivity index (χ1) is 20.8. The second-order valence-corrected chi connectivity index (χ2v) is 12.1. The number of amides is 1. The molecule has 0 bridgehead atoms. The van der Waals surface area contributed by atoms with E-state index in [9.17, 15) is 19.8 Å². The minimum Gasteiger partial charge on any atom is -0.507 e. The Labute approximate surface area is 261 Å². The molecule has 2 heterocycles. The first kappa shape index (κ1) is 30.4. The summed E-state index contributed by atoms with van der Waals surface area (Å²) in [7, 11) is 0. The van der Waals surface area contributed by atoms with E-state index in [1.165, 1.54) is 22.7 Å². The van der Waals surface area contributed by atoms with E-state index in [2.05, 4.69) is 10.2 Å². The van der Waals surface area contributed by atoms with Crippen LogP contribution in [0.25, 0.3) is 5.76 Å². The van der Waals surface area contributed by atoms with Gasteiger partial charge < -0.3 is 19.7 Å². The third-order valence-corrected chi connectivity index (χ3v) is 8.90. The van der Waals surface area contributed by atoms with Crippen LogP contribution >= 0.6 is 34.7 Å². The highest BCUT2D eigenvalue weighted by atomic mass is 35.5. The van der Waals surface area contributed by atoms with Gasteiger partial charge >= 0.3 is 5.91 Å². The topological polar surface area (TPSA) is 122 Å². The highest BCUT2D eigenvalue weighted by molar-refractivity contribution is 8.00. The standard InChI is InChI=1S/C31H28ClN3O6S2/c1-3-15-41-22-12-7-19(8-13-22)27(37)25-26(20-9-14-23(36)24(16-20)40-4-2)35(29(39)28(25)38)30-33-34-31(43-30)42-17-18-5-10-21(32)11-6-18/h5-14,16,26,36-37H,3-4,15,17H2,1-2H3/b27-25-. The Morgan fingerprint density at radius 1 is 1.02 bits per heavy atom. The number of aromatic hydroxyl groups is 1. The lowest BCUT2D eigenvalue weighted by molar-refractivity contribution is -0.132. The SMILES string of the molecule is CCCOc1ccc(/C(O)=C2/C(=O)C(=O)N(c3nnc(SCc4ccc(Cl)cc4)s3)C2c2ccc(O)c(OCC)c2)cc1. The fraction of sp³-hybridized carbons (Fsp3) is 0.226. The molecule has 1 aliphatic rings. The van der Waals surface area contributed by atoms with Crippen LogP contribution in [0.2, 0.25) is 5.02 Å². The van der Waals surface area contributed by atoms with Crippen LogP contribution in [-0.4, -0.2) is 45.3 Å². The molecule has 1 saturated heterocycles. The van der Waals surface area contributed by atoms with Gasteiger partial charge in [-0.15, -0.1) is 10.2 Å². The maximum absolute atomic E-state index is 13.6. The van der Waals surface area contributed by atoms with Crippen molar-refractivity contribution >= 4 is 57.3 Å². The molecule has 1 aromatic heterocycles. The van der Waals surface area contributed by atoms with Crippen LogP contribution in [0.15, 0.2) is 76.6 Å². The average molecular weight is 638 g/mol. The van der Waals surface area contributed by atoms with Gasteiger partial charge in [0.05, 0.1) is 24.8 Å². The Morgan fingerprint density at radius 3 is 2.47 bits per heavy atom. The second kappa shape index (κ2) is 13.5. The highest BCUT2D eigenvalue weighted by Crippen LogP contribution is 2.45. The largest absolute Gasteiger partial charge is 0.507 e. The number of nitrogens with zero attached hydrogens (tertiary/aromatic N) is 3. The van der Waals surface area contributed by atoms with Crippen LogP contribution in [0.4, 0.5) is 5.13 Å². The zero-order chi connectivity index (χ0) is 30.5. The van der Waals surface area contributed by atoms with Gasteiger partial charge in [-0.2, -0.15) is 0 Å². The Kier molecular flexibility index (Phi) is 9.54. The minimum atomic E-state index is -1.06. The molecule has 12 heteroatoms. The molecular formula is C31H28ClN3O6S2. The van der Waals surface area contributed by atoms with Crippen molar-refractivity contribution in [3.8, 4) is 17.2 Å². The molecule has 0 spiro atoms. The van der Waals surface area contributed by atoms with Crippen molar-refractivity contribution in [1.29, 1.82) is 0 Å². The van der Waals surface area contributed by atoms with Crippen LogP contribution in [0.5, 0.6) is 17.2 Å². The Hall–Kier alpha value is -4.06. The number of aromatic nitrogens is 2. The number of aliphatic hydroxyl groups excluding tert-OH is 1. The number of phenols is 1. The molecule has 1 fully saturated rings. The normalized spacial score (nSPS) is 16.1. The van der Waals surface area contributed by atoms with Crippen molar-refractivity contribution in [2.75, 3.05) is 18.1 Å². The molecule has 1 aliphatic heterocycles. The molecule has 0 aliphatic carbocycles. The van der Waals surface area contributed by atoms with E-state index < -0.39 is 17.7 Å². The molecule has 5 rings (SSSR count).